The number of aliphatic hydroxyl groups is 1. The summed E-state index contributed by atoms with van der Waals surface area (Å²) in [6, 6.07) is 10.6. The lowest BCUT2D eigenvalue weighted by Crippen LogP contribution is -2.33. The van der Waals surface area contributed by atoms with E-state index in [4.69, 9.17) is 0 Å². The molecular formula is C17H19N3O. The molecule has 1 aliphatic carbocycles. The van der Waals surface area contributed by atoms with Crippen molar-refractivity contribution in [3.63, 3.8) is 0 Å². The second-order valence-corrected chi connectivity index (χ2v) is 5.75. The second kappa shape index (κ2) is 5.34. The SMILES string of the molecule is CCn1cc(C(O)C2(C#N)CCc3ccccc3C2)cn1. The van der Waals surface area contributed by atoms with E-state index in [9.17, 15) is 10.4 Å². The zero-order valence-corrected chi connectivity index (χ0v) is 12.2. The van der Waals surface area contributed by atoms with Gasteiger partial charge >= 0.3 is 0 Å². The molecule has 1 N–H and O–H groups in total. The van der Waals surface area contributed by atoms with E-state index in [2.05, 4.69) is 23.3 Å². The van der Waals surface area contributed by atoms with Crippen LogP contribution in [0.2, 0.25) is 0 Å². The number of nitrogens with zero attached hydrogens (tertiary/aromatic N) is 3. The highest BCUT2D eigenvalue weighted by Gasteiger charge is 2.42. The topological polar surface area (TPSA) is 61.8 Å². The van der Waals surface area contributed by atoms with Crippen LogP contribution < -0.4 is 0 Å². The summed E-state index contributed by atoms with van der Waals surface area (Å²) < 4.78 is 1.78. The van der Waals surface area contributed by atoms with Gasteiger partial charge in [0.25, 0.3) is 0 Å². The largest absolute Gasteiger partial charge is 0.387 e. The predicted molar refractivity (Wildman–Crippen MR) is 79.4 cm³/mol. The summed E-state index contributed by atoms with van der Waals surface area (Å²) >= 11 is 0. The van der Waals surface area contributed by atoms with Crippen LogP contribution in [-0.2, 0) is 19.4 Å². The fourth-order valence-electron chi connectivity index (χ4n) is 3.16. The molecule has 4 nitrogen and oxygen atoms in total. The van der Waals surface area contributed by atoms with Gasteiger partial charge < -0.3 is 5.11 Å². The van der Waals surface area contributed by atoms with Crippen LogP contribution in [0.25, 0.3) is 0 Å². The maximum Gasteiger partial charge on any atom is 0.101 e. The van der Waals surface area contributed by atoms with Crippen LogP contribution in [0.3, 0.4) is 0 Å². The number of hydrogen-bond acceptors (Lipinski definition) is 3. The van der Waals surface area contributed by atoms with Crippen LogP contribution in [0, 0.1) is 16.7 Å². The van der Waals surface area contributed by atoms with Crippen molar-refractivity contribution >= 4 is 0 Å². The molecule has 1 heterocycles. The van der Waals surface area contributed by atoms with Crippen molar-refractivity contribution in [1.29, 1.82) is 5.26 Å². The molecule has 0 spiro atoms. The minimum absolute atomic E-state index is 0.595. The van der Waals surface area contributed by atoms with Gasteiger partial charge in [-0.2, -0.15) is 10.4 Å². The molecule has 1 aliphatic rings. The van der Waals surface area contributed by atoms with Crippen LogP contribution in [0.1, 0.15) is 36.1 Å². The van der Waals surface area contributed by atoms with Crippen LogP contribution in [0.4, 0.5) is 0 Å². The molecule has 0 fully saturated rings. The number of benzene rings is 1. The molecule has 0 amide bonds. The molecule has 1 aromatic carbocycles. The average Bonchev–Trinajstić information content (AvgIpc) is 3.02. The Morgan fingerprint density at radius 3 is 2.86 bits per heavy atom. The van der Waals surface area contributed by atoms with E-state index in [1.165, 1.54) is 11.1 Å². The maximum atomic E-state index is 10.8. The zero-order chi connectivity index (χ0) is 14.9. The molecule has 0 aliphatic heterocycles. The summed E-state index contributed by atoms with van der Waals surface area (Å²) in [6.07, 6.45) is 4.83. The van der Waals surface area contributed by atoms with Gasteiger partial charge in [-0.15, -0.1) is 0 Å². The Bertz CT molecular complexity index is 685. The summed E-state index contributed by atoms with van der Waals surface area (Å²) in [4.78, 5) is 0. The van der Waals surface area contributed by atoms with E-state index in [0.29, 0.717) is 12.8 Å². The molecular weight excluding hydrogens is 262 g/mol. The Labute approximate surface area is 124 Å². The fourth-order valence-corrected chi connectivity index (χ4v) is 3.16. The van der Waals surface area contributed by atoms with Gasteiger partial charge in [-0.3, -0.25) is 4.68 Å². The highest BCUT2D eigenvalue weighted by molar-refractivity contribution is 5.34. The molecule has 0 saturated heterocycles. The van der Waals surface area contributed by atoms with Gasteiger partial charge in [0.2, 0.25) is 0 Å². The van der Waals surface area contributed by atoms with Crippen molar-refractivity contribution in [3.8, 4) is 6.07 Å². The predicted octanol–water partition coefficient (Wildman–Crippen LogP) is 2.64. The molecule has 0 saturated carbocycles. The molecule has 2 aromatic rings. The van der Waals surface area contributed by atoms with Crippen LogP contribution in [0.5, 0.6) is 0 Å². The summed E-state index contributed by atoms with van der Waals surface area (Å²) in [5.74, 6) is 0. The minimum Gasteiger partial charge on any atom is -0.387 e. The van der Waals surface area contributed by atoms with Gasteiger partial charge in [0.05, 0.1) is 17.7 Å². The number of aromatic nitrogens is 2. The van der Waals surface area contributed by atoms with Crippen molar-refractivity contribution in [1.82, 2.24) is 9.78 Å². The van der Waals surface area contributed by atoms with Gasteiger partial charge in [-0.05, 0) is 37.3 Å². The van der Waals surface area contributed by atoms with Crippen molar-refractivity contribution < 1.29 is 5.11 Å². The fraction of sp³-hybridized carbons (Fsp3) is 0.412. The molecule has 0 bridgehead atoms. The Morgan fingerprint density at radius 1 is 1.43 bits per heavy atom. The molecule has 1 aromatic heterocycles. The third kappa shape index (κ3) is 2.34. The molecule has 0 radical (unpaired) electrons. The lowest BCUT2D eigenvalue weighted by atomic mass is 9.68. The zero-order valence-electron chi connectivity index (χ0n) is 12.2. The minimum atomic E-state index is -0.795. The normalized spacial score (nSPS) is 22.3. The Balaban J connectivity index is 1.93. The van der Waals surface area contributed by atoms with Gasteiger partial charge in [0.1, 0.15) is 6.10 Å². The quantitative estimate of drug-likeness (QED) is 0.940. The summed E-state index contributed by atoms with van der Waals surface area (Å²) in [7, 11) is 0. The van der Waals surface area contributed by atoms with Crippen LogP contribution >= 0.6 is 0 Å². The first-order chi connectivity index (χ1) is 10.2. The third-order valence-electron chi connectivity index (χ3n) is 4.50. The lowest BCUT2D eigenvalue weighted by Gasteiger charge is -2.35. The Morgan fingerprint density at radius 2 is 2.19 bits per heavy atom. The van der Waals surface area contributed by atoms with Crippen molar-refractivity contribution in [2.24, 2.45) is 5.41 Å². The molecule has 2 atom stereocenters. The summed E-state index contributed by atoms with van der Waals surface area (Å²) in [5.41, 5.74) is 2.44. The number of rotatable bonds is 3. The van der Waals surface area contributed by atoms with Crippen molar-refractivity contribution in [2.45, 2.75) is 38.8 Å². The van der Waals surface area contributed by atoms with Crippen LogP contribution in [-0.4, -0.2) is 14.9 Å². The van der Waals surface area contributed by atoms with E-state index >= 15 is 0 Å². The summed E-state index contributed by atoms with van der Waals surface area (Å²) in [6.45, 7) is 2.76. The van der Waals surface area contributed by atoms with Gasteiger partial charge in [0, 0.05) is 18.3 Å². The van der Waals surface area contributed by atoms with Crippen molar-refractivity contribution in [2.75, 3.05) is 0 Å². The van der Waals surface area contributed by atoms with Gasteiger partial charge in [-0.25, -0.2) is 0 Å². The molecule has 3 rings (SSSR count). The Hall–Kier alpha value is -2.12. The first-order valence-corrected chi connectivity index (χ1v) is 7.37. The van der Waals surface area contributed by atoms with E-state index in [1.807, 2.05) is 25.3 Å². The number of fused-ring (bicyclic) bond motifs is 1. The number of aryl methyl sites for hydroxylation is 2. The first-order valence-electron chi connectivity index (χ1n) is 7.37. The summed E-state index contributed by atoms with van der Waals surface area (Å²) in [5, 5.41) is 24.7. The molecule has 21 heavy (non-hydrogen) atoms. The molecule has 108 valence electrons. The first kappa shape index (κ1) is 13.8. The highest BCUT2D eigenvalue weighted by atomic mass is 16.3. The molecule has 2 unspecified atom stereocenters. The van der Waals surface area contributed by atoms with Crippen LogP contribution in [0.15, 0.2) is 36.7 Å². The lowest BCUT2D eigenvalue weighted by molar-refractivity contribution is 0.0525. The second-order valence-electron chi connectivity index (χ2n) is 5.75. The number of hydrogen-bond donors (Lipinski definition) is 1. The standard InChI is InChI=1S/C17H19N3O/c1-2-20-11-15(10-19-20)16(21)17(12-18)8-7-13-5-3-4-6-14(13)9-17/h3-6,10-11,16,21H,2,7-9H2,1H3. The van der Waals surface area contributed by atoms with Crippen molar-refractivity contribution in [3.05, 3.63) is 53.3 Å². The van der Waals surface area contributed by atoms with Gasteiger partial charge in [-0.1, -0.05) is 24.3 Å². The maximum absolute atomic E-state index is 10.8. The number of aliphatic hydroxyl groups excluding tert-OH is 1. The smallest absolute Gasteiger partial charge is 0.101 e. The van der Waals surface area contributed by atoms with E-state index < -0.39 is 11.5 Å². The van der Waals surface area contributed by atoms with Gasteiger partial charge in [0.15, 0.2) is 0 Å². The molecule has 4 heteroatoms. The van der Waals surface area contributed by atoms with E-state index in [-0.39, 0.29) is 0 Å². The van der Waals surface area contributed by atoms with E-state index in [0.717, 1.165) is 18.5 Å². The van der Waals surface area contributed by atoms with E-state index in [1.54, 1.807) is 10.9 Å². The highest BCUT2D eigenvalue weighted by Crippen LogP contribution is 2.44. The number of nitriles is 1. The third-order valence-corrected chi connectivity index (χ3v) is 4.50. The monoisotopic (exact) mass is 281 g/mol. The Kier molecular flexibility index (Phi) is 3.52. The average molecular weight is 281 g/mol.